The molecule has 0 saturated heterocycles. The zero-order valence-electron chi connectivity index (χ0n) is 16.4. The molecule has 0 bridgehead atoms. The van der Waals surface area contributed by atoms with Crippen LogP contribution in [-0.4, -0.2) is 22.8 Å². The van der Waals surface area contributed by atoms with Gasteiger partial charge in [0.15, 0.2) is 5.82 Å². The van der Waals surface area contributed by atoms with Gasteiger partial charge in [-0.3, -0.25) is 10.4 Å². The number of benzene rings is 3. The summed E-state index contributed by atoms with van der Waals surface area (Å²) in [6.45, 7) is -2.95. The average molecular weight is 442 g/mol. The fraction of sp³-hybridized carbons (Fsp3) is 0.0909. The molecular formula is C22H17F3N4O3. The molecule has 0 unspecified atom stereocenters. The number of aromatic nitrogens is 2. The number of amides is 2. The normalized spacial score (nSPS) is 10.9. The second-order valence-electron chi connectivity index (χ2n) is 6.61. The number of anilines is 2. The highest BCUT2D eigenvalue weighted by atomic mass is 19.3. The van der Waals surface area contributed by atoms with Crippen molar-refractivity contribution in [1.29, 1.82) is 0 Å². The summed E-state index contributed by atoms with van der Waals surface area (Å²) < 4.78 is 49.1. The summed E-state index contributed by atoms with van der Waals surface area (Å²) in [7, 11) is 0. The van der Waals surface area contributed by atoms with E-state index in [0.717, 1.165) is 0 Å². The molecule has 0 radical (unpaired) electrons. The lowest BCUT2D eigenvalue weighted by Crippen LogP contribution is -2.20. The first-order valence-corrected chi connectivity index (χ1v) is 9.46. The molecule has 0 saturated carbocycles. The molecule has 0 aliphatic carbocycles. The molecule has 32 heavy (non-hydrogen) atoms. The second-order valence-corrected chi connectivity index (χ2v) is 6.61. The average Bonchev–Trinajstić information content (AvgIpc) is 3.16. The number of aromatic amines is 1. The molecule has 1 heterocycles. The number of halogens is 3. The Bertz CT molecular complexity index is 1250. The highest BCUT2D eigenvalue weighted by Gasteiger charge is 2.13. The molecule has 0 aliphatic rings. The smallest absolute Gasteiger partial charge is 0.387 e. The van der Waals surface area contributed by atoms with Crippen LogP contribution in [0.15, 0.2) is 66.7 Å². The minimum absolute atomic E-state index is 0.0111. The van der Waals surface area contributed by atoms with E-state index < -0.39 is 18.5 Å². The van der Waals surface area contributed by atoms with E-state index in [1.807, 2.05) is 0 Å². The Balaban J connectivity index is 1.47. The first kappa shape index (κ1) is 21.0. The van der Waals surface area contributed by atoms with E-state index in [4.69, 9.17) is 4.74 Å². The van der Waals surface area contributed by atoms with Gasteiger partial charge in [-0.2, -0.15) is 13.9 Å². The first-order chi connectivity index (χ1) is 15.5. The van der Waals surface area contributed by atoms with Crippen molar-refractivity contribution in [2.45, 2.75) is 13.2 Å². The van der Waals surface area contributed by atoms with Crippen molar-refractivity contribution in [3.8, 4) is 11.5 Å². The van der Waals surface area contributed by atoms with E-state index in [0.29, 0.717) is 22.2 Å². The lowest BCUT2D eigenvalue weighted by Gasteiger charge is -2.12. The van der Waals surface area contributed by atoms with Crippen LogP contribution < -0.4 is 20.1 Å². The number of rotatable bonds is 7. The molecule has 3 aromatic carbocycles. The summed E-state index contributed by atoms with van der Waals surface area (Å²) in [5.74, 6) is 0.0874. The van der Waals surface area contributed by atoms with Crippen LogP contribution in [-0.2, 0) is 6.61 Å². The highest BCUT2D eigenvalue weighted by molar-refractivity contribution is 6.04. The van der Waals surface area contributed by atoms with Crippen LogP contribution in [0.1, 0.15) is 5.56 Å². The summed E-state index contributed by atoms with van der Waals surface area (Å²) >= 11 is 0. The van der Waals surface area contributed by atoms with E-state index in [1.54, 1.807) is 42.5 Å². The molecule has 164 valence electrons. The molecular weight excluding hydrogens is 425 g/mol. The summed E-state index contributed by atoms with van der Waals surface area (Å²) in [5.41, 5.74) is 1.10. The van der Waals surface area contributed by atoms with Gasteiger partial charge in [0.2, 0.25) is 0 Å². The maximum atomic E-state index is 13.7. The van der Waals surface area contributed by atoms with Crippen LogP contribution in [0.3, 0.4) is 0 Å². The monoisotopic (exact) mass is 442 g/mol. The largest absolute Gasteiger partial charge is 0.489 e. The number of para-hydroxylation sites is 2. The van der Waals surface area contributed by atoms with Crippen molar-refractivity contribution >= 4 is 28.4 Å². The Hall–Kier alpha value is -4.21. The fourth-order valence-electron chi connectivity index (χ4n) is 3.00. The van der Waals surface area contributed by atoms with Crippen molar-refractivity contribution in [3.05, 3.63) is 78.1 Å². The van der Waals surface area contributed by atoms with Crippen molar-refractivity contribution in [2.75, 3.05) is 10.6 Å². The van der Waals surface area contributed by atoms with Crippen LogP contribution in [0, 0.1) is 5.82 Å². The zero-order chi connectivity index (χ0) is 22.5. The number of nitrogens with zero attached hydrogens (tertiary/aromatic N) is 1. The third kappa shape index (κ3) is 4.91. The molecule has 4 rings (SSSR count). The van der Waals surface area contributed by atoms with E-state index in [2.05, 4.69) is 25.6 Å². The summed E-state index contributed by atoms with van der Waals surface area (Å²) in [6, 6.07) is 16.4. The van der Waals surface area contributed by atoms with Gasteiger partial charge >= 0.3 is 12.6 Å². The Morgan fingerprint density at radius 1 is 1.03 bits per heavy atom. The van der Waals surface area contributed by atoms with Crippen molar-refractivity contribution < 1.29 is 27.4 Å². The number of alkyl halides is 2. The van der Waals surface area contributed by atoms with Crippen LogP contribution in [0.5, 0.6) is 11.5 Å². The molecule has 3 N–H and O–H groups in total. The van der Waals surface area contributed by atoms with Gasteiger partial charge in [-0.15, -0.1) is 0 Å². The standard InChI is InChI=1S/C22H17F3N4O3/c23-16-6-2-3-7-18(16)26-22(30)27-20-15-11-14(9-10-17(15)28-29-20)31-12-13-5-1-4-8-19(13)32-21(24)25/h1-11,21H,12H2,(H3,26,27,28,29,30). The number of carbonyl (C=O) groups excluding carboxylic acids is 1. The number of hydrogen-bond acceptors (Lipinski definition) is 4. The number of ether oxygens (including phenoxy) is 2. The Morgan fingerprint density at radius 3 is 2.62 bits per heavy atom. The number of carbonyl (C=O) groups is 1. The number of nitrogens with one attached hydrogen (secondary N) is 3. The quantitative estimate of drug-likeness (QED) is 0.351. The highest BCUT2D eigenvalue weighted by Crippen LogP contribution is 2.27. The Kier molecular flexibility index (Phi) is 6.11. The van der Waals surface area contributed by atoms with Gasteiger partial charge in [-0.25, -0.2) is 9.18 Å². The third-order valence-electron chi connectivity index (χ3n) is 4.47. The number of H-pyrrole nitrogens is 1. The molecule has 0 aliphatic heterocycles. The predicted molar refractivity (Wildman–Crippen MR) is 113 cm³/mol. The fourth-order valence-corrected chi connectivity index (χ4v) is 3.00. The van der Waals surface area contributed by atoms with E-state index >= 15 is 0 Å². The molecule has 0 fully saturated rings. The molecule has 1 aromatic heterocycles. The predicted octanol–water partition coefficient (Wildman–Crippen LogP) is 5.53. The summed E-state index contributed by atoms with van der Waals surface area (Å²) in [5, 5.41) is 12.3. The Morgan fingerprint density at radius 2 is 1.81 bits per heavy atom. The first-order valence-electron chi connectivity index (χ1n) is 9.46. The van der Waals surface area contributed by atoms with Gasteiger partial charge in [-0.05, 0) is 36.4 Å². The Labute approximate surface area is 180 Å². The van der Waals surface area contributed by atoms with E-state index in [1.165, 1.54) is 24.3 Å². The minimum Gasteiger partial charge on any atom is -0.489 e. The maximum Gasteiger partial charge on any atom is 0.387 e. The van der Waals surface area contributed by atoms with Gasteiger partial charge in [0.05, 0.1) is 11.2 Å². The third-order valence-corrected chi connectivity index (χ3v) is 4.47. The molecule has 0 spiro atoms. The molecule has 2 amide bonds. The molecule has 10 heteroatoms. The topological polar surface area (TPSA) is 88.3 Å². The van der Waals surface area contributed by atoms with Gasteiger partial charge in [0.1, 0.15) is 23.9 Å². The SMILES string of the molecule is O=C(Nc1ccccc1F)Nc1n[nH]c2ccc(OCc3ccccc3OC(F)F)cc12. The van der Waals surface area contributed by atoms with Crippen LogP contribution in [0.25, 0.3) is 10.9 Å². The summed E-state index contributed by atoms with van der Waals surface area (Å²) in [6.07, 6.45) is 0. The summed E-state index contributed by atoms with van der Waals surface area (Å²) in [4.78, 5) is 12.2. The minimum atomic E-state index is -2.94. The van der Waals surface area contributed by atoms with E-state index in [9.17, 15) is 18.0 Å². The molecule has 0 atom stereocenters. The van der Waals surface area contributed by atoms with Gasteiger partial charge in [0, 0.05) is 10.9 Å². The second kappa shape index (κ2) is 9.29. The van der Waals surface area contributed by atoms with Crippen molar-refractivity contribution in [3.63, 3.8) is 0 Å². The van der Waals surface area contributed by atoms with E-state index in [-0.39, 0.29) is 23.9 Å². The zero-order valence-corrected chi connectivity index (χ0v) is 16.4. The number of urea groups is 1. The van der Waals surface area contributed by atoms with Crippen LogP contribution in [0.4, 0.5) is 29.5 Å². The van der Waals surface area contributed by atoms with Crippen LogP contribution >= 0.6 is 0 Å². The number of fused-ring (bicyclic) bond motifs is 1. The molecule has 4 aromatic rings. The maximum absolute atomic E-state index is 13.7. The van der Waals surface area contributed by atoms with Gasteiger partial charge in [0.25, 0.3) is 0 Å². The molecule has 7 nitrogen and oxygen atoms in total. The van der Waals surface area contributed by atoms with Crippen LogP contribution in [0.2, 0.25) is 0 Å². The lowest BCUT2D eigenvalue weighted by molar-refractivity contribution is -0.0508. The lowest BCUT2D eigenvalue weighted by atomic mass is 10.2. The van der Waals surface area contributed by atoms with Crippen molar-refractivity contribution in [1.82, 2.24) is 10.2 Å². The van der Waals surface area contributed by atoms with Crippen molar-refractivity contribution in [2.24, 2.45) is 0 Å². The van der Waals surface area contributed by atoms with Gasteiger partial charge < -0.3 is 14.8 Å². The number of hydrogen-bond donors (Lipinski definition) is 3. The van der Waals surface area contributed by atoms with Gasteiger partial charge in [-0.1, -0.05) is 30.3 Å².